The number of hydroxylamine groups is 6. The zero-order valence-electron chi connectivity index (χ0n) is 80.9. The molecule has 5 saturated carbocycles. The second kappa shape index (κ2) is 64.6. The van der Waals surface area contributed by atoms with Crippen molar-refractivity contribution in [1.82, 2.24) is 15.2 Å². The Kier molecular flexibility index (Phi) is 61.1. The maximum absolute atomic E-state index is 11.7. The van der Waals surface area contributed by atoms with Crippen LogP contribution < -0.4 is 22.9 Å². The van der Waals surface area contributed by atoms with Gasteiger partial charge in [-0.25, -0.2) is 4.79 Å². The van der Waals surface area contributed by atoms with E-state index in [2.05, 4.69) is 87.4 Å². The first-order valence-corrected chi connectivity index (χ1v) is 53.6. The second-order valence-corrected chi connectivity index (χ2v) is 49.4. The number of aliphatic carboxylic acids is 4. The molecule has 3 aromatic rings. The van der Waals surface area contributed by atoms with Crippen LogP contribution in [0.3, 0.4) is 0 Å². The average molecular weight is 2190 g/mol. The van der Waals surface area contributed by atoms with Gasteiger partial charge >= 0.3 is 104 Å². The summed E-state index contributed by atoms with van der Waals surface area (Å²) < 4.78 is 20.7. The molecule has 5 aliphatic carbocycles. The molecule has 6 amide bonds. The molecule has 3 saturated heterocycles. The number of esters is 3. The molecule has 3 aliphatic heterocycles. The molecule has 3 aromatic carbocycles. The van der Waals surface area contributed by atoms with Crippen molar-refractivity contribution < 1.29 is 146 Å². The predicted molar refractivity (Wildman–Crippen MR) is 529 cm³/mol. The number of amides is 6. The molecule has 137 heavy (non-hydrogen) atoms. The minimum atomic E-state index is -1.48. The first-order chi connectivity index (χ1) is 62.9. The van der Waals surface area contributed by atoms with Crippen LogP contribution in [-0.4, -0.2) is 172 Å². The molecule has 38 heteroatoms. The first kappa shape index (κ1) is 129. The maximum atomic E-state index is 11.7. The number of hydrogen-bond donors (Lipinski definition) is 9. The summed E-state index contributed by atoms with van der Waals surface area (Å²) in [6.07, 6.45) is 14.7. The number of aliphatic hydroxyl groups is 1. The van der Waals surface area contributed by atoms with E-state index in [0.29, 0.717) is 38.2 Å². The van der Waals surface area contributed by atoms with Crippen LogP contribution in [0.5, 0.6) is 0 Å². The summed E-state index contributed by atoms with van der Waals surface area (Å²) in [5, 5.41) is 45.5. The Bertz CT molecular complexity index is 4010. The van der Waals surface area contributed by atoms with Crippen molar-refractivity contribution in [1.29, 1.82) is 0 Å². The summed E-state index contributed by atoms with van der Waals surface area (Å²) in [4.78, 5) is 181. The van der Waals surface area contributed by atoms with Gasteiger partial charge in [-0.2, -0.15) is 4.79 Å². The van der Waals surface area contributed by atoms with Crippen LogP contribution in [-0.2, 0) is 105 Å². The van der Waals surface area contributed by atoms with Gasteiger partial charge in [-0.1, -0.05) is 227 Å². The molecule has 0 unspecified atom stereocenters. The molecule has 0 radical (unpaired) electrons. The number of rotatable bonds is 30. The average Bonchev–Trinajstić information content (AvgIpc) is 1.69. The molecule has 17 atom stereocenters. The number of carbonyl (C=O) groups excluding carboxylic acids is 11. The number of benzene rings is 3. The number of ether oxygens (including phenoxy) is 4. The van der Waals surface area contributed by atoms with E-state index in [1.54, 1.807) is 26.8 Å². The Hall–Kier alpha value is -9.59. The van der Waals surface area contributed by atoms with Crippen molar-refractivity contribution >= 4 is 129 Å². The number of carboxylic acids is 4. The number of carbonyl (C=O) groups is 15. The van der Waals surface area contributed by atoms with Gasteiger partial charge in [0, 0.05) is 80.3 Å². The van der Waals surface area contributed by atoms with E-state index in [1.807, 2.05) is 198 Å². The Morgan fingerprint density at radius 2 is 0.584 bits per heavy atom. The van der Waals surface area contributed by atoms with Gasteiger partial charge in [0.1, 0.15) is 30.5 Å². The van der Waals surface area contributed by atoms with Crippen LogP contribution in [0.25, 0.3) is 0 Å². The first-order valence-electron chi connectivity index (χ1n) is 44.6. The Morgan fingerprint density at radius 1 is 0.380 bits per heavy atom. The van der Waals surface area contributed by atoms with E-state index in [0.717, 1.165) is 64.2 Å². The van der Waals surface area contributed by atoms with Crippen molar-refractivity contribution in [3.63, 3.8) is 0 Å². The molecule has 15 N–H and O–H groups in total. The van der Waals surface area contributed by atoms with Gasteiger partial charge in [-0.05, 0) is 129 Å². The monoisotopic (exact) mass is 2190 g/mol. The zero-order chi connectivity index (χ0) is 103. The third kappa shape index (κ3) is 54.0. The topological polar surface area (TPSA) is 567 Å². The third-order valence-electron chi connectivity index (χ3n) is 21.6. The van der Waals surface area contributed by atoms with Gasteiger partial charge in [0.25, 0.3) is 35.4 Å². The summed E-state index contributed by atoms with van der Waals surface area (Å²) >= 11 is 4.74. The van der Waals surface area contributed by atoms with E-state index >= 15 is 0 Å². The number of carboxylic acid groups (broad SMARTS) is 4. The van der Waals surface area contributed by atoms with Gasteiger partial charge in [-0.3, -0.25) is 76.8 Å². The SMILES string of the molecule is C.C=CC[C@@H]1C[C@H]1O.C=CC[C@@H]1C[C@H]1OC(=O)C[C@H](C(=O)O)C(C)(C)C.C=CC[C@@H]1C[C@H]1OC(=O)C[C@H](C(=O)O)C(C)(C)C.C=CC[C@@H]1C[C@H]1OC(=O)C[C@H](C(=O)O)C(C)(C)C.C=CC[C@@H]1C[C@H]1OC(=O)ON1C(=O)CCC1=O.CC(C)(C)[C@H](N)C(=O)O.C[C@H](N)c1ccccc1.C[C@H](N)c1ccccc1.C[C@H](N)c1ccccc1.O.O=C(ON1C(=O)CCC1=O)ON1C(=O)CCC1=O.[I][V][I]. The third-order valence-corrected chi connectivity index (χ3v) is 21.6. The normalized spacial score (nSPS) is 21.1. The van der Waals surface area contributed by atoms with E-state index in [1.165, 1.54) is 16.7 Å². The predicted octanol–water partition coefficient (Wildman–Crippen LogP) is 16.4. The van der Waals surface area contributed by atoms with Crippen molar-refractivity contribution in [2.24, 2.45) is 91.9 Å². The van der Waals surface area contributed by atoms with E-state index in [4.69, 9.17) is 67.4 Å². The fraction of sp³-hybridized carbons (Fsp3) is 0.566. The quantitative estimate of drug-likeness (QED) is 0.00984. The Morgan fingerprint density at radius 3 is 0.737 bits per heavy atom. The molecule has 0 spiro atoms. The van der Waals surface area contributed by atoms with Crippen LogP contribution >= 0.6 is 40.0 Å². The summed E-state index contributed by atoms with van der Waals surface area (Å²) in [7, 11) is 0.628. The van der Waals surface area contributed by atoms with E-state index < -0.39 is 130 Å². The molecule has 11 rings (SSSR count). The molecule has 8 aliphatic rings. The molecule has 3 heterocycles. The van der Waals surface area contributed by atoms with E-state index in [-0.39, 0.29) is 141 Å². The fourth-order valence-electron chi connectivity index (χ4n) is 12.4. The van der Waals surface area contributed by atoms with Gasteiger partial charge in [0.05, 0.1) is 43.1 Å². The fourth-order valence-corrected chi connectivity index (χ4v) is 12.4. The number of aliphatic hydroxyl groups excluding tert-OH is 1. The summed E-state index contributed by atoms with van der Waals surface area (Å²) in [6.45, 7) is 45.8. The molecule has 0 aromatic heterocycles. The van der Waals surface area contributed by atoms with Gasteiger partial charge < -0.3 is 72.9 Å². The van der Waals surface area contributed by atoms with Crippen LogP contribution in [0.15, 0.2) is 154 Å². The minimum absolute atomic E-state index is 0. The Labute approximate surface area is 835 Å². The molecule has 35 nitrogen and oxygen atoms in total. The second-order valence-electron chi connectivity index (χ2n) is 37.7. The van der Waals surface area contributed by atoms with Crippen molar-refractivity contribution in [3.05, 3.63) is 171 Å². The number of halogens is 2. The van der Waals surface area contributed by atoms with Crippen LogP contribution in [0.2, 0.25) is 0 Å². The van der Waals surface area contributed by atoms with Crippen LogP contribution in [0.4, 0.5) is 9.59 Å². The molecule has 0 bridgehead atoms. The summed E-state index contributed by atoms with van der Waals surface area (Å²) in [6, 6.07) is 29.9. The van der Waals surface area contributed by atoms with Gasteiger partial charge in [0.2, 0.25) is 0 Å². The number of imide groups is 3. The summed E-state index contributed by atoms with van der Waals surface area (Å²) in [5.74, 6) is -8.91. The molecular weight excluding hydrogens is 2040 g/mol. The molecular formula is C99H149I2N7O28V. The van der Waals surface area contributed by atoms with Gasteiger partial charge in [0.15, 0.2) is 0 Å². The molecule has 8 fully saturated rings. The number of nitrogens with two attached hydrogens (primary N) is 4. The summed E-state index contributed by atoms with van der Waals surface area (Å²) in [5.41, 5.74) is 24.0. The molecule has 767 valence electrons. The Balaban J connectivity index is 0. The van der Waals surface area contributed by atoms with Crippen molar-refractivity contribution in [3.8, 4) is 0 Å². The van der Waals surface area contributed by atoms with Crippen LogP contribution in [0.1, 0.15) is 268 Å². The standard InChI is InChI=1S/3C14H22O4.C11H13NO5.C9H8N2O7.3C8H11N.C6H13NO2.C6H10O.CH4.2HI.H2O.V/c3*1-5-6-9-7-11(9)18-12(15)8-10(13(16)17)14(2,3)4;1-2-3-7-6-8(7)16-11(15)17-12-9(13)4-5-10(12)14;12-5-1-2-6(13)10(5)17-9(16)18-11-7(14)3-4-8(11)15;3*1-7(9)8-5-3-2-4-6-8;1-6(2,3)4(7)5(8)9;1-2-3-5-4-6(5)7;;;;;/h3*5,9-11H,1,6-8H2,2-4H3,(H,16,17);2,7-8H,1,3-6H2;1-4H2;3*2-7H,9H2,1H3;4H,7H2,1-3H3,(H,8,9);2,5-7H,1,3-4H2;1H4;2*1H;1H2;/q;;;;;;;;;;;;;;+2/p-2/t3*9-,10-,11-;7-,8-;;3*7-;4-;5-,6-;;;;;/m1111.00011...../s1. The van der Waals surface area contributed by atoms with Gasteiger partial charge in [-0.15, -0.1) is 32.9 Å². The van der Waals surface area contributed by atoms with Crippen molar-refractivity contribution in [2.45, 2.75) is 288 Å². The van der Waals surface area contributed by atoms with Crippen LogP contribution in [0, 0.1) is 69.0 Å². The number of hydrogen-bond acceptors (Lipinski definition) is 27. The van der Waals surface area contributed by atoms with E-state index in [9.17, 15) is 71.9 Å². The van der Waals surface area contributed by atoms with Crippen molar-refractivity contribution in [2.75, 3.05) is 0 Å². The zero-order valence-corrected chi connectivity index (χ0v) is 86.6. The number of nitrogens with zero attached hydrogens (tertiary/aromatic N) is 3. The number of allylic oxidation sites excluding steroid dienone is 5.